The lowest BCUT2D eigenvalue weighted by Crippen LogP contribution is -2.23. The summed E-state index contributed by atoms with van der Waals surface area (Å²) in [6.45, 7) is 5.21. The Morgan fingerprint density at radius 3 is 2.32 bits per heavy atom. The Bertz CT molecular complexity index is 1020. The topological polar surface area (TPSA) is 107 Å². The van der Waals surface area contributed by atoms with Crippen molar-refractivity contribution in [2.45, 2.75) is 26.9 Å². The van der Waals surface area contributed by atoms with Crippen LogP contribution in [0, 0.1) is 13.8 Å². The summed E-state index contributed by atoms with van der Waals surface area (Å²) in [6, 6.07) is 5.88. The fourth-order valence-corrected chi connectivity index (χ4v) is 3.17. The van der Waals surface area contributed by atoms with Gasteiger partial charge in [0.2, 0.25) is 15.8 Å². The van der Waals surface area contributed by atoms with Crippen LogP contribution in [0.4, 0.5) is 5.69 Å². The highest BCUT2D eigenvalue weighted by molar-refractivity contribution is 7.92. The molecule has 0 saturated heterocycles. The van der Waals surface area contributed by atoms with Crippen molar-refractivity contribution in [2.24, 2.45) is 7.05 Å². The van der Waals surface area contributed by atoms with Gasteiger partial charge in [0.25, 0.3) is 0 Å². The number of nitrogens with zero attached hydrogens (tertiary/aromatic N) is 2. The SMILES string of the molecule is Cc1nn(C)c(C)c1/C=C/C(=O)O[C@@H](C)C(=O)c1ccc(NS(C)(=O)=O)cc1. The largest absolute Gasteiger partial charge is 0.451 e. The highest BCUT2D eigenvalue weighted by Crippen LogP contribution is 2.15. The average molecular weight is 405 g/mol. The van der Waals surface area contributed by atoms with Crippen molar-refractivity contribution in [1.82, 2.24) is 9.78 Å². The number of hydrogen-bond acceptors (Lipinski definition) is 6. The van der Waals surface area contributed by atoms with Gasteiger partial charge in [0.05, 0.1) is 11.9 Å². The number of carbonyl (C=O) groups is 2. The maximum Gasteiger partial charge on any atom is 0.331 e. The molecule has 2 aromatic rings. The second kappa shape index (κ2) is 8.39. The number of ether oxygens (including phenoxy) is 1. The number of hydrogen-bond donors (Lipinski definition) is 1. The third-order valence-corrected chi connectivity index (χ3v) is 4.69. The lowest BCUT2D eigenvalue weighted by molar-refractivity contribution is -0.140. The molecule has 0 aliphatic carbocycles. The number of Topliss-reactive ketones (excluding diaryl/α,β-unsaturated/α-hetero) is 1. The van der Waals surface area contributed by atoms with Gasteiger partial charge >= 0.3 is 5.97 Å². The molecule has 0 spiro atoms. The molecule has 2 rings (SSSR count). The van der Waals surface area contributed by atoms with Crippen LogP contribution in [0.3, 0.4) is 0 Å². The molecule has 0 aliphatic heterocycles. The standard InChI is InChI=1S/C19H23N3O5S/c1-12-17(13(2)22(4)20-12)10-11-18(23)27-14(3)19(24)15-6-8-16(9-7-15)21-28(5,25)26/h6-11,14,21H,1-5H3/b11-10+/t14-/m0/s1. The fourth-order valence-electron chi connectivity index (χ4n) is 2.60. The minimum atomic E-state index is -3.39. The summed E-state index contributed by atoms with van der Waals surface area (Å²) in [7, 11) is -1.58. The van der Waals surface area contributed by atoms with E-state index in [0.29, 0.717) is 11.3 Å². The Labute approximate surface area is 164 Å². The summed E-state index contributed by atoms with van der Waals surface area (Å²) in [5.41, 5.74) is 3.17. The number of aromatic nitrogens is 2. The molecule has 0 radical (unpaired) electrons. The van der Waals surface area contributed by atoms with Gasteiger partial charge in [-0.05, 0) is 51.1 Å². The zero-order valence-electron chi connectivity index (χ0n) is 16.4. The van der Waals surface area contributed by atoms with Crippen molar-refractivity contribution >= 4 is 33.5 Å². The normalized spacial score (nSPS) is 12.8. The van der Waals surface area contributed by atoms with Gasteiger partial charge < -0.3 is 4.74 Å². The maximum absolute atomic E-state index is 12.4. The van der Waals surface area contributed by atoms with Gasteiger partial charge in [-0.1, -0.05) is 0 Å². The number of nitrogens with one attached hydrogen (secondary N) is 1. The highest BCUT2D eigenvalue weighted by atomic mass is 32.2. The van der Waals surface area contributed by atoms with Crippen LogP contribution in [0.5, 0.6) is 0 Å². The molecule has 0 bridgehead atoms. The van der Waals surface area contributed by atoms with Crippen LogP contribution in [0.25, 0.3) is 6.08 Å². The van der Waals surface area contributed by atoms with E-state index in [1.165, 1.54) is 37.3 Å². The molecule has 1 heterocycles. The number of aryl methyl sites for hydroxylation is 2. The third-order valence-electron chi connectivity index (χ3n) is 4.09. The molecule has 1 N–H and O–H groups in total. The van der Waals surface area contributed by atoms with Crippen LogP contribution in [-0.4, -0.2) is 42.3 Å². The van der Waals surface area contributed by atoms with E-state index >= 15 is 0 Å². The van der Waals surface area contributed by atoms with Crippen LogP contribution >= 0.6 is 0 Å². The average Bonchev–Trinajstić information content (AvgIpc) is 2.83. The second-order valence-corrected chi connectivity index (χ2v) is 8.18. The van der Waals surface area contributed by atoms with Gasteiger partial charge in [0.1, 0.15) is 0 Å². The first kappa shape index (κ1) is 21.4. The number of rotatable bonds is 7. The van der Waals surface area contributed by atoms with Crippen molar-refractivity contribution in [1.29, 1.82) is 0 Å². The van der Waals surface area contributed by atoms with E-state index in [9.17, 15) is 18.0 Å². The molecular formula is C19H23N3O5S. The molecule has 0 fully saturated rings. The summed E-state index contributed by atoms with van der Waals surface area (Å²) in [4.78, 5) is 24.4. The molecule has 0 aliphatic rings. The molecule has 9 heteroatoms. The van der Waals surface area contributed by atoms with Crippen LogP contribution in [0.2, 0.25) is 0 Å². The molecule has 0 saturated carbocycles. The van der Waals surface area contributed by atoms with Gasteiger partial charge in [-0.25, -0.2) is 13.2 Å². The van der Waals surface area contributed by atoms with E-state index in [4.69, 9.17) is 4.74 Å². The Kier molecular flexibility index (Phi) is 6.40. The van der Waals surface area contributed by atoms with Crippen LogP contribution in [0.15, 0.2) is 30.3 Å². The summed E-state index contributed by atoms with van der Waals surface area (Å²) in [5.74, 6) is -1.03. The molecule has 1 aromatic heterocycles. The number of benzene rings is 1. The quantitative estimate of drug-likeness (QED) is 0.430. The minimum Gasteiger partial charge on any atom is -0.451 e. The van der Waals surface area contributed by atoms with E-state index < -0.39 is 22.1 Å². The van der Waals surface area contributed by atoms with Crippen LogP contribution in [-0.2, 0) is 26.6 Å². The van der Waals surface area contributed by atoms with Gasteiger partial charge in [-0.15, -0.1) is 0 Å². The molecule has 0 unspecified atom stereocenters. The predicted molar refractivity (Wildman–Crippen MR) is 107 cm³/mol. The minimum absolute atomic E-state index is 0.308. The van der Waals surface area contributed by atoms with Crippen molar-refractivity contribution < 1.29 is 22.7 Å². The Balaban J connectivity index is 2.01. The first-order valence-electron chi connectivity index (χ1n) is 8.49. The van der Waals surface area contributed by atoms with Crippen molar-refractivity contribution in [2.75, 3.05) is 11.0 Å². The summed E-state index contributed by atoms with van der Waals surface area (Å²) in [5, 5.41) is 4.26. The Hall–Kier alpha value is -2.94. The number of esters is 1. The van der Waals surface area contributed by atoms with Crippen molar-refractivity contribution in [3.63, 3.8) is 0 Å². The molecule has 28 heavy (non-hydrogen) atoms. The smallest absolute Gasteiger partial charge is 0.331 e. The van der Waals surface area contributed by atoms with E-state index in [1.807, 2.05) is 20.9 Å². The first-order chi connectivity index (χ1) is 13.0. The van der Waals surface area contributed by atoms with Gasteiger partial charge in [0.15, 0.2) is 6.10 Å². The lowest BCUT2D eigenvalue weighted by atomic mass is 10.1. The zero-order valence-corrected chi connectivity index (χ0v) is 17.2. The summed E-state index contributed by atoms with van der Waals surface area (Å²) in [6.07, 6.45) is 2.93. The maximum atomic E-state index is 12.4. The summed E-state index contributed by atoms with van der Waals surface area (Å²) >= 11 is 0. The van der Waals surface area contributed by atoms with Gasteiger partial charge in [-0.2, -0.15) is 5.10 Å². The van der Waals surface area contributed by atoms with Gasteiger partial charge in [-0.3, -0.25) is 14.2 Å². The molecule has 1 aromatic carbocycles. The fraction of sp³-hybridized carbons (Fsp3) is 0.316. The van der Waals surface area contributed by atoms with Crippen LogP contribution < -0.4 is 4.72 Å². The van der Waals surface area contributed by atoms with E-state index in [-0.39, 0.29) is 5.78 Å². The molecule has 1 atom stereocenters. The highest BCUT2D eigenvalue weighted by Gasteiger charge is 2.19. The molecule has 150 valence electrons. The number of carbonyl (C=O) groups excluding carboxylic acids is 2. The number of anilines is 1. The van der Waals surface area contributed by atoms with Crippen molar-refractivity contribution in [3.8, 4) is 0 Å². The monoisotopic (exact) mass is 405 g/mol. The molecule has 8 nitrogen and oxygen atoms in total. The van der Waals surface area contributed by atoms with Crippen molar-refractivity contribution in [3.05, 3.63) is 52.9 Å². The third kappa shape index (κ3) is 5.53. The molecular weight excluding hydrogens is 382 g/mol. The van der Waals surface area contributed by atoms with E-state index in [1.54, 1.807) is 10.8 Å². The molecule has 0 amide bonds. The lowest BCUT2D eigenvalue weighted by Gasteiger charge is -2.11. The Morgan fingerprint density at radius 1 is 1.21 bits per heavy atom. The summed E-state index contributed by atoms with van der Waals surface area (Å²) < 4.78 is 31.6. The Morgan fingerprint density at radius 2 is 1.82 bits per heavy atom. The number of sulfonamides is 1. The van der Waals surface area contributed by atoms with E-state index in [2.05, 4.69) is 9.82 Å². The van der Waals surface area contributed by atoms with Crippen LogP contribution in [0.1, 0.15) is 34.2 Å². The predicted octanol–water partition coefficient (Wildman–Crippen LogP) is 2.24. The van der Waals surface area contributed by atoms with Gasteiger partial charge in [0, 0.05) is 35.6 Å². The van der Waals surface area contributed by atoms with E-state index in [0.717, 1.165) is 23.2 Å². The number of ketones is 1. The first-order valence-corrected chi connectivity index (χ1v) is 10.4. The second-order valence-electron chi connectivity index (χ2n) is 6.44. The zero-order chi connectivity index (χ0) is 21.1.